The van der Waals surface area contributed by atoms with E-state index in [0.29, 0.717) is 23.9 Å². The molecule has 3 aromatic rings. The molecule has 0 bridgehead atoms. The number of carbonyl (C=O) groups is 1. The van der Waals surface area contributed by atoms with Gasteiger partial charge in [-0.1, -0.05) is 49.9 Å². The maximum Gasteiger partial charge on any atom is 0.278 e. The van der Waals surface area contributed by atoms with Crippen molar-refractivity contribution in [2.24, 2.45) is 16.6 Å². The third kappa shape index (κ3) is 4.11. The molecule has 2 aliphatic rings. The second-order valence-corrected chi connectivity index (χ2v) is 9.06. The molecule has 5 rings (SSSR count). The Morgan fingerprint density at radius 1 is 1.00 bits per heavy atom. The standard InChI is InChI=1S/C26H31N3O2/c27-25(12-9-18-5-1-2-6-18)28-26(30)19-10-11-22-21-7-3-4-8-23(21)29(24(22)17-19)20-13-15-31-16-14-20/h3-4,7-8,10-11,17-18,20H,1-2,5-6,9,12-16H2,(H2,27,28,30). The van der Waals surface area contributed by atoms with Crippen LogP contribution in [-0.2, 0) is 4.74 Å². The lowest BCUT2D eigenvalue weighted by Crippen LogP contribution is -2.19. The molecule has 0 spiro atoms. The van der Waals surface area contributed by atoms with E-state index >= 15 is 0 Å². The number of para-hydroxylation sites is 1. The van der Waals surface area contributed by atoms with E-state index in [0.717, 1.165) is 43.9 Å². The van der Waals surface area contributed by atoms with Crippen LogP contribution >= 0.6 is 0 Å². The molecule has 162 valence electrons. The van der Waals surface area contributed by atoms with Gasteiger partial charge in [-0.2, -0.15) is 4.99 Å². The summed E-state index contributed by atoms with van der Waals surface area (Å²) in [5, 5.41) is 2.40. The molecule has 1 saturated carbocycles. The monoisotopic (exact) mass is 417 g/mol. The van der Waals surface area contributed by atoms with Crippen LogP contribution in [0.5, 0.6) is 0 Å². The van der Waals surface area contributed by atoms with Gasteiger partial charge in [0.25, 0.3) is 5.91 Å². The third-order valence-electron chi connectivity index (χ3n) is 7.04. The largest absolute Gasteiger partial charge is 0.387 e. The topological polar surface area (TPSA) is 69.6 Å². The number of hydrogen-bond donors (Lipinski definition) is 1. The average molecular weight is 418 g/mol. The van der Waals surface area contributed by atoms with E-state index in [1.807, 2.05) is 12.1 Å². The first-order chi connectivity index (χ1) is 15.2. The first-order valence-electron chi connectivity index (χ1n) is 11.7. The van der Waals surface area contributed by atoms with E-state index in [1.165, 1.54) is 42.0 Å². The summed E-state index contributed by atoms with van der Waals surface area (Å²) in [5.41, 5.74) is 9.04. The molecule has 2 N–H and O–H groups in total. The molecule has 1 amide bonds. The minimum atomic E-state index is -0.241. The molecule has 2 aromatic carbocycles. The zero-order valence-corrected chi connectivity index (χ0v) is 18.1. The summed E-state index contributed by atoms with van der Waals surface area (Å²) in [4.78, 5) is 17.1. The van der Waals surface area contributed by atoms with Crippen molar-refractivity contribution in [3.8, 4) is 0 Å². The van der Waals surface area contributed by atoms with Gasteiger partial charge in [0.2, 0.25) is 0 Å². The highest BCUT2D eigenvalue weighted by molar-refractivity contribution is 6.11. The highest BCUT2D eigenvalue weighted by atomic mass is 16.5. The zero-order chi connectivity index (χ0) is 21.2. The van der Waals surface area contributed by atoms with Gasteiger partial charge in [-0.3, -0.25) is 4.79 Å². The molecule has 2 heterocycles. The van der Waals surface area contributed by atoms with E-state index in [4.69, 9.17) is 10.5 Å². The van der Waals surface area contributed by atoms with Crippen LogP contribution in [-0.4, -0.2) is 29.5 Å². The van der Waals surface area contributed by atoms with Crippen LogP contribution in [0.3, 0.4) is 0 Å². The van der Waals surface area contributed by atoms with Crippen molar-refractivity contribution >= 4 is 33.5 Å². The van der Waals surface area contributed by atoms with Gasteiger partial charge in [-0.25, -0.2) is 0 Å². The molecule has 0 radical (unpaired) electrons. The fourth-order valence-corrected chi connectivity index (χ4v) is 5.37. The Bertz CT molecular complexity index is 1120. The lowest BCUT2D eigenvalue weighted by molar-refractivity contribution is 0.0717. The molecule has 0 atom stereocenters. The number of rotatable bonds is 5. The van der Waals surface area contributed by atoms with Crippen molar-refractivity contribution in [1.29, 1.82) is 0 Å². The van der Waals surface area contributed by atoms with Gasteiger partial charge < -0.3 is 15.0 Å². The van der Waals surface area contributed by atoms with Crippen LogP contribution in [0.4, 0.5) is 0 Å². The molecule has 1 aromatic heterocycles. The summed E-state index contributed by atoms with van der Waals surface area (Å²) < 4.78 is 7.99. The predicted molar refractivity (Wildman–Crippen MR) is 126 cm³/mol. The molecule has 1 aliphatic heterocycles. The van der Waals surface area contributed by atoms with Crippen molar-refractivity contribution in [3.05, 3.63) is 48.0 Å². The Morgan fingerprint density at radius 3 is 2.55 bits per heavy atom. The summed E-state index contributed by atoms with van der Waals surface area (Å²) in [6, 6.07) is 14.8. The molecule has 5 heteroatoms. The zero-order valence-electron chi connectivity index (χ0n) is 18.1. The Hall–Kier alpha value is -2.66. The number of amidine groups is 1. The van der Waals surface area contributed by atoms with E-state index in [-0.39, 0.29) is 5.91 Å². The predicted octanol–water partition coefficient (Wildman–Crippen LogP) is 5.61. The highest BCUT2D eigenvalue weighted by Gasteiger charge is 2.22. The summed E-state index contributed by atoms with van der Waals surface area (Å²) >= 11 is 0. The van der Waals surface area contributed by atoms with Crippen molar-refractivity contribution in [2.45, 2.75) is 57.4 Å². The summed E-state index contributed by atoms with van der Waals surface area (Å²) in [6.45, 7) is 1.55. The van der Waals surface area contributed by atoms with Crippen LogP contribution < -0.4 is 5.73 Å². The van der Waals surface area contributed by atoms with Gasteiger partial charge in [0.1, 0.15) is 5.84 Å². The number of carbonyl (C=O) groups excluding carboxylic acids is 1. The first-order valence-corrected chi connectivity index (χ1v) is 11.7. The number of aromatic nitrogens is 1. The van der Waals surface area contributed by atoms with Crippen molar-refractivity contribution < 1.29 is 9.53 Å². The Balaban J connectivity index is 1.46. The second-order valence-electron chi connectivity index (χ2n) is 9.06. The van der Waals surface area contributed by atoms with E-state index < -0.39 is 0 Å². The van der Waals surface area contributed by atoms with Crippen LogP contribution in [0, 0.1) is 5.92 Å². The third-order valence-corrected chi connectivity index (χ3v) is 7.04. The maximum atomic E-state index is 12.9. The number of nitrogens with zero attached hydrogens (tertiary/aromatic N) is 2. The van der Waals surface area contributed by atoms with E-state index in [1.54, 1.807) is 0 Å². The van der Waals surface area contributed by atoms with Crippen LogP contribution in [0.25, 0.3) is 21.8 Å². The lowest BCUT2D eigenvalue weighted by atomic mass is 10.0. The molecule has 5 nitrogen and oxygen atoms in total. The average Bonchev–Trinajstić information content (AvgIpc) is 3.44. The summed E-state index contributed by atoms with van der Waals surface area (Å²) in [7, 11) is 0. The van der Waals surface area contributed by atoms with Crippen molar-refractivity contribution in [3.63, 3.8) is 0 Å². The normalized spacial score (nSPS) is 18.9. The van der Waals surface area contributed by atoms with Crippen molar-refractivity contribution in [1.82, 2.24) is 4.57 Å². The van der Waals surface area contributed by atoms with Gasteiger partial charge in [0, 0.05) is 47.5 Å². The van der Waals surface area contributed by atoms with Gasteiger partial charge in [-0.15, -0.1) is 0 Å². The SMILES string of the molecule is NC(CCC1CCCC1)=NC(=O)c1ccc2c3ccccc3n(C3CCOCC3)c2c1. The second kappa shape index (κ2) is 8.83. The molecule has 2 fully saturated rings. The number of aliphatic imine (C=N–C) groups is 1. The first kappa shape index (κ1) is 20.3. The summed E-state index contributed by atoms with van der Waals surface area (Å²) in [5.74, 6) is 0.965. The minimum Gasteiger partial charge on any atom is -0.387 e. The Kier molecular flexibility index (Phi) is 5.77. The molecular formula is C26H31N3O2. The quantitative estimate of drug-likeness (QED) is 0.433. The van der Waals surface area contributed by atoms with Gasteiger partial charge in [-0.05, 0) is 43.4 Å². The Morgan fingerprint density at radius 2 is 1.74 bits per heavy atom. The van der Waals surface area contributed by atoms with Crippen molar-refractivity contribution in [2.75, 3.05) is 13.2 Å². The Labute approximate surface area is 183 Å². The van der Waals surface area contributed by atoms with Gasteiger partial charge in [0.15, 0.2) is 0 Å². The molecule has 31 heavy (non-hydrogen) atoms. The van der Waals surface area contributed by atoms with Crippen LogP contribution in [0.1, 0.15) is 67.8 Å². The number of hydrogen-bond acceptors (Lipinski definition) is 2. The molecule has 1 saturated heterocycles. The number of ether oxygens (including phenoxy) is 1. The number of nitrogens with two attached hydrogens (primary N) is 1. The van der Waals surface area contributed by atoms with Crippen LogP contribution in [0.2, 0.25) is 0 Å². The fraction of sp³-hybridized carbons (Fsp3) is 0.462. The van der Waals surface area contributed by atoms with Crippen LogP contribution in [0.15, 0.2) is 47.5 Å². The number of benzene rings is 2. The fourth-order valence-electron chi connectivity index (χ4n) is 5.37. The number of amides is 1. The lowest BCUT2D eigenvalue weighted by Gasteiger charge is -2.25. The van der Waals surface area contributed by atoms with Gasteiger partial charge in [0.05, 0.1) is 5.52 Å². The molecule has 1 aliphatic carbocycles. The minimum absolute atomic E-state index is 0.241. The molecular weight excluding hydrogens is 386 g/mol. The summed E-state index contributed by atoms with van der Waals surface area (Å²) in [6.07, 6.45) is 8.93. The smallest absolute Gasteiger partial charge is 0.278 e. The number of fused-ring (bicyclic) bond motifs is 3. The molecule has 0 unspecified atom stereocenters. The van der Waals surface area contributed by atoms with E-state index in [2.05, 4.69) is 39.9 Å². The highest BCUT2D eigenvalue weighted by Crippen LogP contribution is 2.35. The van der Waals surface area contributed by atoms with Gasteiger partial charge >= 0.3 is 0 Å². The van der Waals surface area contributed by atoms with E-state index in [9.17, 15) is 4.79 Å². The maximum absolute atomic E-state index is 12.9.